The molecule has 2 aliphatic carbocycles. The lowest BCUT2D eigenvalue weighted by Gasteiger charge is -2.32. The van der Waals surface area contributed by atoms with Crippen LogP contribution in [0.15, 0.2) is 36.4 Å². The quantitative estimate of drug-likeness (QED) is 0.573. The Balaban J connectivity index is 1.35. The van der Waals surface area contributed by atoms with Gasteiger partial charge in [-0.2, -0.15) is 5.26 Å². The highest BCUT2D eigenvalue weighted by atomic mass is 16.5. The Morgan fingerprint density at radius 3 is 2.31 bits per heavy atom. The number of allylic oxidation sites excluding steroid dienone is 2. The predicted molar refractivity (Wildman–Crippen MR) is 107 cm³/mol. The lowest BCUT2D eigenvalue weighted by molar-refractivity contribution is -0.00456. The fourth-order valence-corrected chi connectivity index (χ4v) is 4.59. The van der Waals surface area contributed by atoms with E-state index in [4.69, 9.17) is 10.00 Å². The van der Waals surface area contributed by atoms with Gasteiger partial charge in [-0.25, -0.2) is 0 Å². The predicted octanol–water partition coefficient (Wildman–Crippen LogP) is 6.18. The maximum Gasteiger partial charge on any atom is 0.0908 e. The monoisotopic (exact) mass is 351 g/mol. The highest BCUT2D eigenvalue weighted by molar-refractivity contribution is 5.25. The maximum atomic E-state index is 8.63. The average molecular weight is 352 g/mol. The zero-order chi connectivity index (χ0) is 18.2. The summed E-state index contributed by atoms with van der Waals surface area (Å²) in [4.78, 5) is 0. The van der Waals surface area contributed by atoms with Crippen LogP contribution in [0.4, 0.5) is 0 Å². The van der Waals surface area contributed by atoms with Crippen LogP contribution in [0.25, 0.3) is 0 Å². The first kappa shape index (κ1) is 19.2. The first-order valence-electron chi connectivity index (χ1n) is 10.5. The molecule has 3 rings (SSSR count). The number of nitrogens with zero attached hydrogens (tertiary/aromatic N) is 1. The normalized spacial score (nSPS) is 29.5. The molecular formula is C24H33NO. The van der Waals surface area contributed by atoms with Gasteiger partial charge in [0.2, 0.25) is 0 Å². The molecule has 0 heterocycles. The van der Waals surface area contributed by atoms with Crippen molar-refractivity contribution in [3.05, 3.63) is 47.5 Å². The largest absolute Gasteiger partial charge is 0.378 e. The van der Waals surface area contributed by atoms with Crippen LogP contribution in [0.5, 0.6) is 0 Å². The molecule has 1 aromatic carbocycles. The van der Waals surface area contributed by atoms with E-state index in [-0.39, 0.29) is 0 Å². The summed E-state index contributed by atoms with van der Waals surface area (Å²) in [5.74, 6) is 2.08. The van der Waals surface area contributed by atoms with E-state index < -0.39 is 0 Å². The van der Waals surface area contributed by atoms with Crippen LogP contribution >= 0.6 is 0 Å². The molecule has 0 saturated heterocycles. The Morgan fingerprint density at radius 2 is 1.69 bits per heavy atom. The molecular weight excluding hydrogens is 318 g/mol. The van der Waals surface area contributed by atoms with Gasteiger partial charge in [0.05, 0.1) is 12.2 Å². The van der Waals surface area contributed by atoms with Crippen LogP contribution in [-0.4, -0.2) is 12.7 Å². The van der Waals surface area contributed by atoms with Crippen LogP contribution in [0, 0.1) is 23.2 Å². The van der Waals surface area contributed by atoms with Gasteiger partial charge in [-0.15, -0.1) is 0 Å². The number of hydrogen-bond acceptors (Lipinski definition) is 2. The zero-order valence-corrected chi connectivity index (χ0v) is 16.2. The van der Waals surface area contributed by atoms with Gasteiger partial charge in [0.25, 0.3) is 0 Å². The first-order chi connectivity index (χ1) is 12.8. The van der Waals surface area contributed by atoms with Gasteiger partial charge in [-0.3, -0.25) is 0 Å². The topological polar surface area (TPSA) is 33.0 Å². The van der Waals surface area contributed by atoms with E-state index in [0.29, 0.717) is 12.0 Å². The van der Waals surface area contributed by atoms with Gasteiger partial charge in [0.15, 0.2) is 0 Å². The Bertz CT molecular complexity index is 596. The fraction of sp³-hybridized carbons (Fsp3) is 0.625. The van der Waals surface area contributed by atoms with Crippen LogP contribution < -0.4 is 0 Å². The standard InChI is InChI=1S/C24H33NO/c1-2-19-5-11-22(12-6-19)23-13-7-21(8-14-23)18-26-24-15-9-20(10-16-24)4-3-17-25/h3-6,11-12,20-21,23-24H,2,7-10,13-16,18H2,1H3/b4-3+. The number of ether oxygens (including phenoxy) is 1. The highest BCUT2D eigenvalue weighted by Crippen LogP contribution is 2.36. The van der Waals surface area contributed by atoms with Crippen LogP contribution in [-0.2, 0) is 11.2 Å². The van der Waals surface area contributed by atoms with Crippen molar-refractivity contribution in [1.29, 1.82) is 5.26 Å². The van der Waals surface area contributed by atoms with E-state index in [1.165, 1.54) is 49.7 Å². The number of aryl methyl sites for hydroxylation is 1. The third-order valence-corrected chi connectivity index (χ3v) is 6.44. The molecule has 0 aromatic heterocycles. The van der Waals surface area contributed by atoms with E-state index in [1.54, 1.807) is 6.08 Å². The Morgan fingerprint density at radius 1 is 1.00 bits per heavy atom. The molecule has 2 aliphatic rings. The summed E-state index contributed by atoms with van der Waals surface area (Å²) in [6.07, 6.45) is 15.2. The lowest BCUT2D eigenvalue weighted by atomic mass is 9.79. The molecule has 0 aliphatic heterocycles. The zero-order valence-electron chi connectivity index (χ0n) is 16.2. The number of hydrogen-bond donors (Lipinski definition) is 0. The van der Waals surface area contributed by atoms with Crippen LogP contribution in [0.2, 0.25) is 0 Å². The summed E-state index contributed by atoms with van der Waals surface area (Å²) in [7, 11) is 0. The van der Waals surface area contributed by atoms with E-state index in [9.17, 15) is 0 Å². The van der Waals surface area contributed by atoms with Gasteiger partial charge in [-0.1, -0.05) is 37.3 Å². The van der Waals surface area contributed by atoms with Crippen molar-refractivity contribution in [2.75, 3.05) is 6.61 Å². The van der Waals surface area contributed by atoms with Crippen molar-refractivity contribution in [1.82, 2.24) is 0 Å². The summed E-state index contributed by atoms with van der Waals surface area (Å²) < 4.78 is 6.26. The Kier molecular flexibility index (Phi) is 7.32. The van der Waals surface area contributed by atoms with Crippen LogP contribution in [0.3, 0.4) is 0 Å². The molecule has 0 amide bonds. The van der Waals surface area contributed by atoms with Crippen molar-refractivity contribution in [2.45, 2.75) is 76.7 Å². The maximum absolute atomic E-state index is 8.63. The van der Waals surface area contributed by atoms with Crippen molar-refractivity contribution < 1.29 is 4.74 Å². The molecule has 2 saturated carbocycles. The molecule has 0 N–H and O–H groups in total. The molecule has 0 unspecified atom stereocenters. The SMILES string of the molecule is CCc1ccc(C2CCC(COC3CCC(/C=C/C#N)CC3)CC2)cc1. The third kappa shape index (κ3) is 5.45. The van der Waals surface area contributed by atoms with Gasteiger partial charge in [-0.05, 0) is 86.7 Å². The molecule has 2 heteroatoms. The summed E-state index contributed by atoms with van der Waals surface area (Å²) in [5, 5.41) is 8.63. The molecule has 140 valence electrons. The summed E-state index contributed by atoms with van der Waals surface area (Å²) in [6, 6.07) is 11.4. The first-order valence-corrected chi connectivity index (χ1v) is 10.5. The summed E-state index contributed by atoms with van der Waals surface area (Å²) >= 11 is 0. The fourth-order valence-electron chi connectivity index (χ4n) is 4.59. The molecule has 0 spiro atoms. The minimum absolute atomic E-state index is 0.445. The van der Waals surface area contributed by atoms with Crippen LogP contribution in [0.1, 0.15) is 75.3 Å². The van der Waals surface area contributed by atoms with Gasteiger partial charge in [0, 0.05) is 12.7 Å². The van der Waals surface area contributed by atoms with E-state index in [2.05, 4.69) is 43.3 Å². The second-order valence-corrected chi connectivity index (χ2v) is 8.17. The lowest BCUT2D eigenvalue weighted by Crippen LogP contribution is -2.25. The van der Waals surface area contributed by atoms with Crippen molar-refractivity contribution in [3.8, 4) is 6.07 Å². The van der Waals surface area contributed by atoms with Gasteiger partial charge >= 0.3 is 0 Å². The van der Waals surface area contributed by atoms with Crippen molar-refractivity contribution in [2.24, 2.45) is 11.8 Å². The third-order valence-electron chi connectivity index (χ3n) is 6.44. The number of rotatable bonds is 6. The molecule has 0 atom stereocenters. The Hall–Kier alpha value is -1.59. The molecule has 1 aromatic rings. The van der Waals surface area contributed by atoms with E-state index >= 15 is 0 Å². The second kappa shape index (κ2) is 9.93. The highest BCUT2D eigenvalue weighted by Gasteiger charge is 2.25. The molecule has 2 nitrogen and oxygen atoms in total. The van der Waals surface area contributed by atoms with Crippen molar-refractivity contribution in [3.63, 3.8) is 0 Å². The number of benzene rings is 1. The van der Waals surface area contributed by atoms with Crippen molar-refractivity contribution >= 4 is 0 Å². The molecule has 26 heavy (non-hydrogen) atoms. The Labute approximate surface area is 159 Å². The average Bonchev–Trinajstić information content (AvgIpc) is 2.72. The van der Waals surface area contributed by atoms with Gasteiger partial charge in [0.1, 0.15) is 0 Å². The van der Waals surface area contributed by atoms with E-state index in [1.807, 2.05) is 0 Å². The summed E-state index contributed by atoms with van der Waals surface area (Å²) in [6.45, 7) is 3.17. The second-order valence-electron chi connectivity index (χ2n) is 8.17. The molecule has 0 bridgehead atoms. The summed E-state index contributed by atoms with van der Waals surface area (Å²) in [5.41, 5.74) is 2.97. The molecule has 2 fully saturated rings. The van der Waals surface area contributed by atoms with E-state index in [0.717, 1.165) is 37.7 Å². The minimum atomic E-state index is 0.445. The number of nitriles is 1. The smallest absolute Gasteiger partial charge is 0.0908 e. The minimum Gasteiger partial charge on any atom is -0.378 e. The van der Waals surface area contributed by atoms with Gasteiger partial charge < -0.3 is 4.74 Å². The molecule has 0 radical (unpaired) electrons.